The van der Waals surface area contributed by atoms with Gasteiger partial charge in [-0.15, -0.1) is 0 Å². The van der Waals surface area contributed by atoms with Gasteiger partial charge in [0, 0.05) is 0 Å². The number of hydrogen-bond acceptors (Lipinski definition) is 4. The van der Waals surface area contributed by atoms with Crippen LogP contribution >= 0.6 is 0 Å². The van der Waals surface area contributed by atoms with Crippen molar-refractivity contribution in [1.29, 1.82) is 0 Å². The lowest BCUT2D eigenvalue weighted by atomic mass is 10.1. The highest BCUT2D eigenvalue weighted by Crippen LogP contribution is 2.19. The molecule has 1 heterocycles. The van der Waals surface area contributed by atoms with Crippen molar-refractivity contribution in [3.63, 3.8) is 0 Å². The summed E-state index contributed by atoms with van der Waals surface area (Å²) in [5, 5.41) is 11.6. The van der Waals surface area contributed by atoms with E-state index in [1.54, 1.807) is 19.1 Å². The molecular formula is C13H13NO5. The molecule has 0 spiro atoms. The van der Waals surface area contributed by atoms with Gasteiger partial charge in [-0.1, -0.05) is 11.6 Å². The van der Waals surface area contributed by atoms with Gasteiger partial charge in [0.25, 0.3) is 5.91 Å². The number of amides is 1. The van der Waals surface area contributed by atoms with Crippen molar-refractivity contribution in [3.8, 4) is 0 Å². The van der Waals surface area contributed by atoms with Gasteiger partial charge >= 0.3 is 5.97 Å². The third kappa shape index (κ3) is 3.04. The van der Waals surface area contributed by atoms with E-state index in [-0.39, 0.29) is 17.0 Å². The first-order chi connectivity index (χ1) is 9.08. The van der Waals surface area contributed by atoms with Crippen molar-refractivity contribution in [2.75, 3.05) is 18.5 Å². The number of carbonyl (C=O) groups is 2. The molecule has 1 amide bonds. The number of aryl methyl sites for hydroxylation is 1. The minimum absolute atomic E-state index is 0.0307. The van der Waals surface area contributed by atoms with Gasteiger partial charge in [0.15, 0.2) is 0 Å². The number of hydrogen-bond donors (Lipinski definition) is 2. The second-order valence-electron chi connectivity index (χ2n) is 4.01. The quantitative estimate of drug-likeness (QED) is 0.863. The number of carbonyl (C=O) groups excluding carboxylic acids is 1. The van der Waals surface area contributed by atoms with Crippen LogP contribution in [0, 0.1) is 6.92 Å². The highest BCUT2D eigenvalue weighted by atomic mass is 16.6. The maximum absolute atomic E-state index is 11.8. The predicted molar refractivity (Wildman–Crippen MR) is 66.8 cm³/mol. The summed E-state index contributed by atoms with van der Waals surface area (Å²) in [4.78, 5) is 23.0. The average molecular weight is 263 g/mol. The summed E-state index contributed by atoms with van der Waals surface area (Å²) in [6.07, 6.45) is 1.22. The maximum atomic E-state index is 11.8. The molecular weight excluding hydrogens is 250 g/mol. The fraction of sp³-hybridized carbons (Fsp3) is 0.231. The molecule has 1 aromatic carbocycles. The molecule has 6 heteroatoms. The molecule has 0 saturated carbocycles. The molecule has 0 bridgehead atoms. The third-order valence-corrected chi connectivity index (χ3v) is 2.53. The summed E-state index contributed by atoms with van der Waals surface area (Å²) in [6, 6.07) is 4.75. The molecule has 0 fully saturated rings. The third-order valence-electron chi connectivity index (χ3n) is 2.53. The fourth-order valence-corrected chi connectivity index (χ4v) is 1.62. The fourth-order valence-electron chi connectivity index (χ4n) is 1.62. The minimum atomic E-state index is -1.10. The summed E-state index contributed by atoms with van der Waals surface area (Å²) in [7, 11) is 0. The summed E-state index contributed by atoms with van der Waals surface area (Å²) in [5.41, 5.74) is 1.05. The normalized spacial score (nSPS) is 13.8. The van der Waals surface area contributed by atoms with Gasteiger partial charge in [-0.25, -0.2) is 4.79 Å². The Kier molecular flexibility index (Phi) is 3.70. The molecule has 0 aliphatic carbocycles. The molecule has 0 radical (unpaired) electrons. The maximum Gasteiger partial charge on any atom is 0.337 e. The van der Waals surface area contributed by atoms with Gasteiger partial charge in [-0.3, -0.25) is 4.79 Å². The Bertz CT molecular complexity index is 550. The number of ether oxygens (including phenoxy) is 2. The lowest BCUT2D eigenvalue weighted by Gasteiger charge is -2.15. The van der Waals surface area contributed by atoms with Crippen molar-refractivity contribution < 1.29 is 24.2 Å². The molecule has 100 valence electrons. The van der Waals surface area contributed by atoms with Gasteiger partial charge in [0.1, 0.15) is 19.5 Å². The zero-order valence-corrected chi connectivity index (χ0v) is 10.3. The van der Waals surface area contributed by atoms with E-state index in [9.17, 15) is 9.59 Å². The first kappa shape index (κ1) is 12.9. The average Bonchev–Trinajstić information content (AvgIpc) is 2.41. The minimum Gasteiger partial charge on any atom is -0.494 e. The van der Waals surface area contributed by atoms with Crippen LogP contribution in [0.15, 0.2) is 30.2 Å². The zero-order chi connectivity index (χ0) is 13.8. The van der Waals surface area contributed by atoms with Crippen molar-refractivity contribution in [1.82, 2.24) is 0 Å². The Morgan fingerprint density at radius 3 is 2.74 bits per heavy atom. The van der Waals surface area contributed by atoms with Crippen LogP contribution in [-0.2, 0) is 14.3 Å². The number of rotatable bonds is 3. The highest BCUT2D eigenvalue weighted by molar-refractivity contribution is 6.06. The van der Waals surface area contributed by atoms with Crippen molar-refractivity contribution in [2.24, 2.45) is 0 Å². The highest BCUT2D eigenvalue weighted by Gasteiger charge is 2.18. The number of carboxylic acid groups (broad SMARTS) is 1. The van der Waals surface area contributed by atoms with Crippen LogP contribution in [0.3, 0.4) is 0 Å². The first-order valence-electron chi connectivity index (χ1n) is 5.68. The van der Waals surface area contributed by atoms with E-state index in [1.807, 2.05) is 0 Å². The van der Waals surface area contributed by atoms with Crippen LogP contribution in [0.5, 0.6) is 0 Å². The van der Waals surface area contributed by atoms with Crippen molar-refractivity contribution in [2.45, 2.75) is 6.92 Å². The number of nitrogens with one attached hydrogen (secondary N) is 1. The topological polar surface area (TPSA) is 84.9 Å². The Hall–Kier alpha value is -2.50. The SMILES string of the molecule is Cc1ccc(NC(=O)C2=COCCO2)c(C(=O)O)c1. The number of carboxylic acids is 1. The monoisotopic (exact) mass is 263 g/mol. The Balaban J connectivity index is 2.21. The number of anilines is 1. The van der Waals surface area contributed by atoms with Gasteiger partial charge in [-0.05, 0) is 19.1 Å². The molecule has 1 aromatic rings. The van der Waals surface area contributed by atoms with Crippen LogP contribution < -0.4 is 5.32 Å². The summed E-state index contributed by atoms with van der Waals surface area (Å²) < 4.78 is 10.1. The van der Waals surface area contributed by atoms with Crippen LogP contribution in [0.2, 0.25) is 0 Å². The second-order valence-corrected chi connectivity index (χ2v) is 4.01. The first-order valence-corrected chi connectivity index (χ1v) is 5.68. The van der Waals surface area contributed by atoms with Gasteiger partial charge in [0.05, 0.1) is 11.3 Å². The van der Waals surface area contributed by atoms with E-state index >= 15 is 0 Å². The molecule has 0 atom stereocenters. The number of benzene rings is 1. The molecule has 1 aliphatic heterocycles. The molecule has 0 unspecified atom stereocenters. The Morgan fingerprint density at radius 2 is 2.11 bits per heavy atom. The van der Waals surface area contributed by atoms with Crippen LogP contribution in [-0.4, -0.2) is 30.2 Å². The van der Waals surface area contributed by atoms with Gasteiger partial charge < -0.3 is 19.9 Å². The number of aromatic carboxylic acids is 1. The molecule has 2 rings (SSSR count). The van der Waals surface area contributed by atoms with Gasteiger partial charge in [-0.2, -0.15) is 0 Å². The lowest BCUT2D eigenvalue weighted by molar-refractivity contribution is -0.117. The van der Waals surface area contributed by atoms with Gasteiger partial charge in [0.2, 0.25) is 5.76 Å². The molecule has 0 saturated heterocycles. The Labute approximate surface area is 109 Å². The van der Waals surface area contributed by atoms with E-state index < -0.39 is 11.9 Å². The van der Waals surface area contributed by atoms with E-state index in [0.717, 1.165) is 5.56 Å². The van der Waals surface area contributed by atoms with E-state index in [0.29, 0.717) is 13.2 Å². The summed E-state index contributed by atoms with van der Waals surface area (Å²) in [5.74, 6) is -1.61. The van der Waals surface area contributed by atoms with Crippen LogP contribution in [0.1, 0.15) is 15.9 Å². The van der Waals surface area contributed by atoms with Crippen LogP contribution in [0.4, 0.5) is 5.69 Å². The van der Waals surface area contributed by atoms with E-state index in [2.05, 4.69) is 5.32 Å². The standard InChI is InChI=1S/C13H13NO5/c1-8-2-3-10(9(6-8)13(16)17)14-12(15)11-7-18-4-5-19-11/h2-3,6-7H,4-5H2,1H3,(H,14,15)(H,16,17). The smallest absolute Gasteiger partial charge is 0.337 e. The Morgan fingerprint density at radius 1 is 1.32 bits per heavy atom. The predicted octanol–water partition coefficient (Wildman–Crippen LogP) is 1.52. The van der Waals surface area contributed by atoms with Crippen molar-refractivity contribution in [3.05, 3.63) is 41.3 Å². The lowest BCUT2D eigenvalue weighted by Crippen LogP contribution is -2.22. The van der Waals surface area contributed by atoms with Crippen LogP contribution in [0.25, 0.3) is 0 Å². The summed E-state index contributed by atoms with van der Waals surface area (Å²) >= 11 is 0. The van der Waals surface area contributed by atoms with E-state index in [4.69, 9.17) is 14.6 Å². The zero-order valence-electron chi connectivity index (χ0n) is 10.3. The molecule has 1 aliphatic rings. The second kappa shape index (κ2) is 5.43. The van der Waals surface area contributed by atoms with E-state index in [1.165, 1.54) is 12.3 Å². The molecule has 0 aromatic heterocycles. The largest absolute Gasteiger partial charge is 0.494 e. The molecule has 2 N–H and O–H groups in total. The molecule has 6 nitrogen and oxygen atoms in total. The molecule has 19 heavy (non-hydrogen) atoms. The van der Waals surface area contributed by atoms with Crippen molar-refractivity contribution >= 4 is 17.6 Å². The summed E-state index contributed by atoms with van der Waals surface area (Å²) in [6.45, 7) is 2.46.